The first-order valence-corrected chi connectivity index (χ1v) is 7.44. The summed E-state index contributed by atoms with van der Waals surface area (Å²) >= 11 is 0. The smallest absolute Gasteiger partial charge is 0.0696 e. The van der Waals surface area contributed by atoms with E-state index in [0.29, 0.717) is 0 Å². The lowest BCUT2D eigenvalue weighted by Gasteiger charge is -2.42. The summed E-state index contributed by atoms with van der Waals surface area (Å²) in [4.78, 5) is 0. The van der Waals surface area contributed by atoms with Crippen LogP contribution in [0.25, 0.3) is 10.8 Å². The van der Waals surface area contributed by atoms with Crippen molar-refractivity contribution >= 4 is 10.8 Å². The highest BCUT2D eigenvalue weighted by Crippen LogP contribution is 2.42. The highest BCUT2D eigenvalue weighted by Gasteiger charge is 2.38. The average Bonchev–Trinajstić information content (AvgIpc) is 2.42. The first-order chi connectivity index (χ1) is 9.65. The molecule has 1 aliphatic carbocycles. The molecular weight excluding hydrogens is 246 g/mol. The minimum Gasteiger partial charge on any atom is -0.378 e. The van der Waals surface area contributed by atoms with E-state index < -0.39 is 0 Å². The van der Waals surface area contributed by atoms with Gasteiger partial charge in [0.15, 0.2) is 0 Å². The number of rotatable bonds is 4. The highest BCUT2D eigenvalue weighted by atomic mass is 16.5. The largest absolute Gasteiger partial charge is 0.378 e. The van der Waals surface area contributed by atoms with Crippen LogP contribution < -0.4 is 5.73 Å². The minimum atomic E-state index is 0.0167. The number of ether oxygens (including phenoxy) is 1. The number of hydrogen-bond acceptors (Lipinski definition) is 2. The summed E-state index contributed by atoms with van der Waals surface area (Å²) in [6.45, 7) is 2.15. The van der Waals surface area contributed by atoms with Gasteiger partial charge in [0.05, 0.1) is 5.60 Å². The molecule has 0 bridgehead atoms. The monoisotopic (exact) mass is 269 g/mol. The molecule has 0 aromatic heterocycles. The van der Waals surface area contributed by atoms with Gasteiger partial charge in [-0.1, -0.05) is 36.4 Å². The molecule has 106 valence electrons. The molecule has 0 heterocycles. The van der Waals surface area contributed by atoms with Crippen LogP contribution in [-0.2, 0) is 4.74 Å². The van der Waals surface area contributed by atoms with Gasteiger partial charge < -0.3 is 10.5 Å². The fourth-order valence-electron chi connectivity index (χ4n) is 3.46. The Morgan fingerprint density at radius 3 is 2.60 bits per heavy atom. The molecule has 0 radical (unpaired) electrons. The molecule has 0 saturated heterocycles. The fraction of sp³-hybridized carbons (Fsp3) is 0.444. The predicted octanol–water partition coefficient (Wildman–Crippen LogP) is 4.11. The summed E-state index contributed by atoms with van der Waals surface area (Å²) in [6, 6.07) is 12.9. The summed E-state index contributed by atoms with van der Waals surface area (Å²) in [5, 5.41) is 2.55. The maximum absolute atomic E-state index is 6.55. The van der Waals surface area contributed by atoms with Crippen LogP contribution in [0.2, 0.25) is 0 Å². The van der Waals surface area contributed by atoms with E-state index in [1.807, 2.05) is 7.11 Å². The Hall–Kier alpha value is -1.38. The van der Waals surface area contributed by atoms with Gasteiger partial charge in [-0.05, 0) is 54.5 Å². The second-order valence-electron chi connectivity index (χ2n) is 6.07. The predicted molar refractivity (Wildman–Crippen MR) is 83.8 cm³/mol. The molecule has 1 atom stereocenters. The lowest BCUT2D eigenvalue weighted by Crippen LogP contribution is -2.42. The van der Waals surface area contributed by atoms with Crippen LogP contribution in [0.5, 0.6) is 0 Å². The maximum Gasteiger partial charge on any atom is 0.0696 e. The Balaban J connectivity index is 1.98. The first kappa shape index (κ1) is 13.6. The molecule has 0 aliphatic heterocycles. The molecule has 0 spiro atoms. The van der Waals surface area contributed by atoms with E-state index in [2.05, 4.69) is 43.3 Å². The van der Waals surface area contributed by atoms with Crippen molar-refractivity contribution in [2.24, 2.45) is 5.73 Å². The third kappa shape index (κ3) is 2.23. The lowest BCUT2D eigenvalue weighted by molar-refractivity contribution is -0.0816. The van der Waals surface area contributed by atoms with Crippen LogP contribution in [0.1, 0.15) is 42.9 Å². The van der Waals surface area contributed by atoms with E-state index >= 15 is 0 Å². The van der Waals surface area contributed by atoms with E-state index in [0.717, 1.165) is 19.3 Å². The van der Waals surface area contributed by atoms with Crippen molar-refractivity contribution in [1.29, 1.82) is 0 Å². The number of methoxy groups -OCH3 is 1. The zero-order valence-electron chi connectivity index (χ0n) is 12.4. The van der Waals surface area contributed by atoms with Crippen LogP contribution in [0.4, 0.5) is 0 Å². The Morgan fingerprint density at radius 2 is 1.95 bits per heavy atom. The van der Waals surface area contributed by atoms with Crippen molar-refractivity contribution in [2.75, 3.05) is 7.11 Å². The molecule has 2 N–H and O–H groups in total. The molecule has 2 aromatic rings. The quantitative estimate of drug-likeness (QED) is 0.906. The first-order valence-electron chi connectivity index (χ1n) is 7.44. The van der Waals surface area contributed by atoms with E-state index in [-0.39, 0.29) is 11.6 Å². The van der Waals surface area contributed by atoms with Gasteiger partial charge in [-0.15, -0.1) is 0 Å². The van der Waals surface area contributed by atoms with E-state index in [4.69, 9.17) is 10.5 Å². The number of hydrogen-bond donors (Lipinski definition) is 1. The molecule has 2 nitrogen and oxygen atoms in total. The van der Waals surface area contributed by atoms with Crippen molar-refractivity contribution in [3.05, 3.63) is 47.5 Å². The normalized spacial score (nSPS) is 18.8. The van der Waals surface area contributed by atoms with Crippen molar-refractivity contribution in [3.63, 3.8) is 0 Å². The summed E-state index contributed by atoms with van der Waals surface area (Å²) in [5.74, 6) is 0. The van der Waals surface area contributed by atoms with Crippen molar-refractivity contribution < 1.29 is 4.74 Å². The molecular formula is C18H23NO. The number of benzene rings is 2. The summed E-state index contributed by atoms with van der Waals surface area (Å²) in [7, 11) is 1.82. The van der Waals surface area contributed by atoms with Crippen molar-refractivity contribution in [1.82, 2.24) is 0 Å². The third-order valence-electron chi connectivity index (χ3n) is 4.85. The van der Waals surface area contributed by atoms with Crippen LogP contribution >= 0.6 is 0 Å². The van der Waals surface area contributed by atoms with Gasteiger partial charge in [0, 0.05) is 13.2 Å². The molecule has 0 amide bonds. The minimum absolute atomic E-state index is 0.0167. The standard InChI is InChI=1S/C18H23NO/c1-13-8-9-14-6-3-4-7-15(14)17(13)16(19)12-18(20-2)10-5-11-18/h3-4,6-9,16H,5,10-12,19H2,1-2H3. The van der Waals surface area contributed by atoms with E-state index in [1.54, 1.807) is 0 Å². The fourth-order valence-corrected chi connectivity index (χ4v) is 3.46. The van der Waals surface area contributed by atoms with Gasteiger partial charge in [0.1, 0.15) is 0 Å². The maximum atomic E-state index is 6.55. The molecule has 1 unspecified atom stereocenters. The zero-order chi connectivity index (χ0) is 14.2. The Morgan fingerprint density at radius 1 is 1.20 bits per heavy atom. The summed E-state index contributed by atoms with van der Waals surface area (Å²) in [6.07, 6.45) is 4.45. The van der Waals surface area contributed by atoms with Gasteiger partial charge in [0.25, 0.3) is 0 Å². The molecule has 3 rings (SSSR count). The van der Waals surface area contributed by atoms with Gasteiger partial charge in [-0.25, -0.2) is 0 Å². The van der Waals surface area contributed by atoms with Crippen molar-refractivity contribution in [2.45, 2.75) is 44.2 Å². The number of nitrogens with two attached hydrogens (primary N) is 1. The highest BCUT2D eigenvalue weighted by molar-refractivity contribution is 5.87. The second kappa shape index (κ2) is 5.19. The Labute approximate surface area is 120 Å². The molecule has 1 fully saturated rings. The SMILES string of the molecule is COC1(CC(N)c2c(C)ccc3ccccc23)CCC1. The summed E-state index contributed by atoms with van der Waals surface area (Å²) < 4.78 is 5.74. The van der Waals surface area contributed by atoms with Crippen LogP contribution in [0, 0.1) is 6.92 Å². The lowest BCUT2D eigenvalue weighted by atomic mass is 9.74. The van der Waals surface area contributed by atoms with Gasteiger partial charge >= 0.3 is 0 Å². The Kier molecular flexibility index (Phi) is 3.53. The number of fused-ring (bicyclic) bond motifs is 1. The second-order valence-corrected chi connectivity index (χ2v) is 6.07. The average molecular weight is 269 g/mol. The van der Waals surface area contributed by atoms with Crippen LogP contribution in [-0.4, -0.2) is 12.7 Å². The van der Waals surface area contributed by atoms with E-state index in [9.17, 15) is 0 Å². The third-order valence-corrected chi connectivity index (χ3v) is 4.85. The van der Waals surface area contributed by atoms with Crippen LogP contribution in [0.3, 0.4) is 0 Å². The van der Waals surface area contributed by atoms with Gasteiger partial charge in [-0.2, -0.15) is 0 Å². The van der Waals surface area contributed by atoms with Gasteiger partial charge in [-0.3, -0.25) is 0 Å². The van der Waals surface area contributed by atoms with Gasteiger partial charge in [0.2, 0.25) is 0 Å². The summed E-state index contributed by atoms with van der Waals surface area (Å²) in [5.41, 5.74) is 9.13. The number of aryl methyl sites for hydroxylation is 1. The molecule has 20 heavy (non-hydrogen) atoms. The van der Waals surface area contributed by atoms with Crippen LogP contribution in [0.15, 0.2) is 36.4 Å². The Bertz CT molecular complexity index is 610. The molecule has 2 aromatic carbocycles. The molecule has 2 heteroatoms. The zero-order valence-corrected chi connectivity index (χ0v) is 12.4. The molecule has 1 aliphatic rings. The molecule has 1 saturated carbocycles. The van der Waals surface area contributed by atoms with E-state index in [1.165, 1.54) is 28.3 Å². The van der Waals surface area contributed by atoms with Crippen molar-refractivity contribution in [3.8, 4) is 0 Å². The topological polar surface area (TPSA) is 35.2 Å².